The van der Waals surface area contributed by atoms with E-state index in [4.69, 9.17) is 14.0 Å². The molecule has 0 aromatic heterocycles. The standard InChI is InChI=1S/C21H41NO6S/c1-2-3-4-5-6-7-8-9-10-11-12-13-21(23)28-20(19-29(24,25)26)18-22-14-16-27-17-15-22/h20H,2-19H2,1H3,(H,24,25,26). The quantitative estimate of drug-likeness (QED) is 0.211. The lowest BCUT2D eigenvalue weighted by Crippen LogP contribution is -2.44. The van der Waals surface area contributed by atoms with E-state index in [-0.39, 0.29) is 5.97 Å². The minimum atomic E-state index is -4.20. The summed E-state index contributed by atoms with van der Waals surface area (Å²) in [5.74, 6) is -0.947. The Hall–Kier alpha value is -0.700. The molecule has 0 bridgehead atoms. The first-order valence-corrected chi connectivity index (χ1v) is 13.0. The molecule has 0 spiro atoms. The van der Waals surface area contributed by atoms with Crippen LogP contribution in [0.5, 0.6) is 0 Å². The number of ether oxygens (including phenoxy) is 2. The van der Waals surface area contributed by atoms with Gasteiger partial charge in [-0.1, -0.05) is 71.1 Å². The van der Waals surface area contributed by atoms with Gasteiger partial charge in [-0.25, -0.2) is 0 Å². The van der Waals surface area contributed by atoms with Gasteiger partial charge in [0, 0.05) is 26.1 Å². The molecule has 1 aliphatic heterocycles. The van der Waals surface area contributed by atoms with Gasteiger partial charge in [-0.2, -0.15) is 8.42 Å². The third kappa shape index (κ3) is 15.8. The van der Waals surface area contributed by atoms with Crippen molar-refractivity contribution in [3.05, 3.63) is 0 Å². The molecule has 0 amide bonds. The van der Waals surface area contributed by atoms with Crippen molar-refractivity contribution in [3.63, 3.8) is 0 Å². The smallest absolute Gasteiger partial charge is 0.306 e. The summed E-state index contributed by atoms with van der Waals surface area (Å²) < 4.78 is 42.3. The molecule has 1 atom stereocenters. The van der Waals surface area contributed by atoms with Crippen molar-refractivity contribution in [2.45, 2.75) is 90.1 Å². The molecule has 7 nitrogen and oxygen atoms in total. The zero-order valence-corrected chi connectivity index (χ0v) is 19.0. The lowest BCUT2D eigenvalue weighted by molar-refractivity contribution is -0.149. The van der Waals surface area contributed by atoms with Crippen LogP contribution in [0.25, 0.3) is 0 Å². The normalized spacial score (nSPS) is 16.6. The molecule has 0 saturated carbocycles. The monoisotopic (exact) mass is 435 g/mol. The predicted octanol–water partition coefficient (Wildman–Crippen LogP) is 3.82. The van der Waals surface area contributed by atoms with Crippen molar-refractivity contribution in [2.75, 3.05) is 38.6 Å². The van der Waals surface area contributed by atoms with Gasteiger partial charge >= 0.3 is 5.97 Å². The van der Waals surface area contributed by atoms with E-state index in [0.717, 1.165) is 19.3 Å². The van der Waals surface area contributed by atoms with Crippen LogP contribution in [0.2, 0.25) is 0 Å². The molecule has 1 aliphatic rings. The second kappa shape index (κ2) is 16.1. The summed E-state index contributed by atoms with van der Waals surface area (Å²) in [6.07, 6.45) is 12.7. The van der Waals surface area contributed by atoms with Crippen LogP contribution < -0.4 is 0 Å². The minimum absolute atomic E-state index is 0.294. The lowest BCUT2D eigenvalue weighted by atomic mass is 10.1. The fourth-order valence-corrected chi connectivity index (χ4v) is 4.25. The van der Waals surface area contributed by atoms with Gasteiger partial charge in [0.1, 0.15) is 11.9 Å². The first-order chi connectivity index (χ1) is 13.9. The molecule has 172 valence electrons. The van der Waals surface area contributed by atoms with Crippen LogP contribution in [0, 0.1) is 0 Å². The zero-order chi connectivity index (χ0) is 21.4. The molecule has 0 aromatic rings. The number of carbonyl (C=O) groups excluding carboxylic acids is 1. The van der Waals surface area contributed by atoms with E-state index in [1.807, 2.05) is 4.90 Å². The third-order valence-electron chi connectivity index (χ3n) is 5.24. The SMILES string of the molecule is CCCCCCCCCCCCCC(=O)OC(CN1CCOCC1)CS(=O)(=O)O. The van der Waals surface area contributed by atoms with E-state index in [1.54, 1.807) is 0 Å². The Morgan fingerprint density at radius 2 is 1.48 bits per heavy atom. The molecule has 1 rings (SSSR count). The summed E-state index contributed by atoms with van der Waals surface area (Å²) in [4.78, 5) is 14.1. The van der Waals surface area contributed by atoms with Gasteiger partial charge in [-0.05, 0) is 6.42 Å². The molecule has 0 aromatic carbocycles. The number of esters is 1. The average Bonchev–Trinajstić information content (AvgIpc) is 2.65. The zero-order valence-electron chi connectivity index (χ0n) is 18.1. The van der Waals surface area contributed by atoms with Gasteiger partial charge in [-0.15, -0.1) is 0 Å². The van der Waals surface area contributed by atoms with Crippen molar-refractivity contribution in [2.24, 2.45) is 0 Å². The number of carbonyl (C=O) groups is 1. The number of hydrogen-bond acceptors (Lipinski definition) is 6. The van der Waals surface area contributed by atoms with Gasteiger partial charge in [-0.3, -0.25) is 14.2 Å². The Kier molecular flexibility index (Phi) is 14.6. The predicted molar refractivity (Wildman–Crippen MR) is 115 cm³/mol. The molecule has 1 N–H and O–H groups in total. The van der Waals surface area contributed by atoms with Gasteiger partial charge < -0.3 is 9.47 Å². The molecular formula is C21H41NO6S. The molecule has 29 heavy (non-hydrogen) atoms. The van der Waals surface area contributed by atoms with E-state index in [9.17, 15) is 13.2 Å². The summed E-state index contributed by atoms with van der Waals surface area (Å²) >= 11 is 0. The fraction of sp³-hybridized carbons (Fsp3) is 0.952. The summed E-state index contributed by atoms with van der Waals surface area (Å²) in [7, 11) is -4.20. The Labute approximate surface area is 177 Å². The van der Waals surface area contributed by atoms with E-state index in [0.29, 0.717) is 39.3 Å². The van der Waals surface area contributed by atoms with E-state index < -0.39 is 22.0 Å². The van der Waals surface area contributed by atoms with E-state index in [2.05, 4.69) is 6.92 Å². The van der Waals surface area contributed by atoms with Crippen LogP contribution in [-0.4, -0.2) is 68.5 Å². The van der Waals surface area contributed by atoms with Crippen LogP contribution in [0.15, 0.2) is 0 Å². The average molecular weight is 436 g/mol. The van der Waals surface area contributed by atoms with E-state index in [1.165, 1.54) is 51.4 Å². The number of nitrogens with zero attached hydrogens (tertiary/aromatic N) is 1. The summed E-state index contributed by atoms with van der Waals surface area (Å²) in [5, 5.41) is 0. The molecule has 1 saturated heterocycles. The first-order valence-electron chi connectivity index (χ1n) is 11.4. The lowest BCUT2D eigenvalue weighted by Gasteiger charge is -2.29. The molecule has 8 heteroatoms. The van der Waals surface area contributed by atoms with Crippen LogP contribution in [0.3, 0.4) is 0 Å². The van der Waals surface area contributed by atoms with Crippen LogP contribution in [0.4, 0.5) is 0 Å². The summed E-state index contributed by atoms with van der Waals surface area (Å²) in [5.41, 5.74) is 0. The Morgan fingerprint density at radius 3 is 2.00 bits per heavy atom. The number of morpholine rings is 1. The Morgan fingerprint density at radius 1 is 0.966 bits per heavy atom. The third-order valence-corrected chi connectivity index (χ3v) is 6.04. The molecule has 0 aliphatic carbocycles. The van der Waals surface area contributed by atoms with Crippen LogP contribution in [-0.2, 0) is 24.4 Å². The summed E-state index contributed by atoms with van der Waals surface area (Å²) in [6, 6.07) is 0. The number of hydrogen-bond donors (Lipinski definition) is 1. The van der Waals surface area contributed by atoms with Crippen molar-refractivity contribution >= 4 is 16.1 Å². The molecule has 1 unspecified atom stereocenters. The van der Waals surface area contributed by atoms with Gasteiger partial charge in [0.15, 0.2) is 0 Å². The highest BCUT2D eigenvalue weighted by Gasteiger charge is 2.24. The molecule has 1 fully saturated rings. The van der Waals surface area contributed by atoms with Gasteiger partial charge in [0.05, 0.1) is 13.2 Å². The topological polar surface area (TPSA) is 93.1 Å². The number of rotatable bonds is 17. The highest BCUT2D eigenvalue weighted by atomic mass is 32.2. The van der Waals surface area contributed by atoms with Crippen LogP contribution in [0.1, 0.15) is 84.0 Å². The maximum Gasteiger partial charge on any atom is 0.306 e. The Bertz CT molecular complexity index is 519. The maximum absolute atomic E-state index is 12.1. The fourth-order valence-electron chi connectivity index (χ4n) is 3.61. The second-order valence-electron chi connectivity index (χ2n) is 8.06. The molecular weight excluding hydrogens is 394 g/mol. The highest BCUT2D eigenvalue weighted by molar-refractivity contribution is 7.85. The Balaban J connectivity index is 2.14. The van der Waals surface area contributed by atoms with Crippen LogP contribution >= 0.6 is 0 Å². The number of unbranched alkanes of at least 4 members (excludes halogenated alkanes) is 10. The van der Waals surface area contributed by atoms with Crippen molar-refractivity contribution < 1.29 is 27.2 Å². The van der Waals surface area contributed by atoms with Gasteiger partial charge in [0.2, 0.25) is 0 Å². The van der Waals surface area contributed by atoms with Crippen molar-refractivity contribution in [1.29, 1.82) is 0 Å². The second-order valence-corrected chi connectivity index (χ2v) is 9.56. The van der Waals surface area contributed by atoms with Crippen molar-refractivity contribution in [1.82, 2.24) is 4.90 Å². The summed E-state index contributed by atoms with van der Waals surface area (Å²) in [6.45, 7) is 5.01. The van der Waals surface area contributed by atoms with Gasteiger partial charge in [0.25, 0.3) is 10.1 Å². The first kappa shape index (κ1) is 26.3. The largest absolute Gasteiger partial charge is 0.460 e. The van der Waals surface area contributed by atoms with Crippen molar-refractivity contribution in [3.8, 4) is 0 Å². The minimum Gasteiger partial charge on any atom is -0.460 e. The maximum atomic E-state index is 12.1. The van der Waals surface area contributed by atoms with E-state index >= 15 is 0 Å². The molecule has 1 heterocycles. The highest BCUT2D eigenvalue weighted by Crippen LogP contribution is 2.13. The molecule has 0 radical (unpaired) electrons.